The molecule has 0 amide bonds. The second-order valence-electron chi connectivity index (χ2n) is 5.17. The van der Waals surface area contributed by atoms with E-state index >= 15 is 0 Å². The second kappa shape index (κ2) is 6.23. The molecule has 3 N–H and O–H groups in total. The predicted molar refractivity (Wildman–Crippen MR) is 75.7 cm³/mol. The molecule has 20 heavy (non-hydrogen) atoms. The Kier molecular flexibility index (Phi) is 4.82. The molecule has 0 radical (unpaired) electrons. The molecule has 7 nitrogen and oxygen atoms in total. The molecule has 1 aliphatic heterocycles. The Hall–Kier alpha value is -0.930. The van der Waals surface area contributed by atoms with Gasteiger partial charge in [0.1, 0.15) is 5.76 Å². The van der Waals surface area contributed by atoms with Crippen LogP contribution in [0.4, 0.5) is 0 Å². The van der Waals surface area contributed by atoms with E-state index in [-0.39, 0.29) is 17.7 Å². The number of piperazine rings is 1. The highest BCUT2D eigenvalue weighted by Gasteiger charge is 2.25. The molecule has 0 aromatic carbocycles. The largest absolute Gasteiger partial charge is 0.447 e. The summed E-state index contributed by atoms with van der Waals surface area (Å²) >= 11 is 0. The second-order valence-corrected chi connectivity index (χ2v) is 6.87. The standard InChI is InChI=1S/C12H22N4O3S/c1-15-5-6-16(2)10(9-15)8-14-20(17,18)12-4-3-11(7-13)19-12/h3-4,10,14H,5-9,13H2,1-2H3. The molecule has 1 saturated heterocycles. The lowest BCUT2D eigenvalue weighted by Crippen LogP contribution is -2.54. The van der Waals surface area contributed by atoms with Crippen LogP contribution in [0.1, 0.15) is 5.76 Å². The van der Waals surface area contributed by atoms with Crippen LogP contribution in [0.5, 0.6) is 0 Å². The number of hydrogen-bond acceptors (Lipinski definition) is 6. The Morgan fingerprint density at radius 2 is 2.15 bits per heavy atom. The average molecular weight is 302 g/mol. The van der Waals surface area contributed by atoms with Gasteiger partial charge in [-0.1, -0.05) is 0 Å². The van der Waals surface area contributed by atoms with Gasteiger partial charge < -0.3 is 15.1 Å². The molecule has 2 rings (SSSR count). The maximum atomic E-state index is 12.1. The maximum absolute atomic E-state index is 12.1. The monoisotopic (exact) mass is 302 g/mol. The highest BCUT2D eigenvalue weighted by molar-refractivity contribution is 7.89. The molecule has 0 saturated carbocycles. The number of nitrogens with one attached hydrogen (secondary N) is 1. The van der Waals surface area contributed by atoms with Gasteiger partial charge in [-0.25, -0.2) is 13.1 Å². The topological polar surface area (TPSA) is 91.8 Å². The zero-order valence-corrected chi connectivity index (χ0v) is 12.7. The highest BCUT2D eigenvalue weighted by Crippen LogP contribution is 2.14. The molecule has 1 unspecified atom stereocenters. The summed E-state index contributed by atoms with van der Waals surface area (Å²) < 4.78 is 32.0. The molecule has 2 heterocycles. The lowest BCUT2D eigenvalue weighted by atomic mass is 10.2. The minimum atomic E-state index is -3.61. The van der Waals surface area contributed by atoms with Crippen LogP contribution in [-0.2, 0) is 16.6 Å². The Morgan fingerprint density at radius 1 is 1.40 bits per heavy atom. The lowest BCUT2D eigenvalue weighted by molar-refractivity contribution is 0.117. The fraction of sp³-hybridized carbons (Fsp3) is 0.667. The van der Waals surface area contributed by atoms with Crippen molar-refractivity contribution >= 4 is 10.0 Å². The van der Waals surface area contributed by atoms with E-state index in [4.69, 9.17) is 10.2 Å². The maximum Gasteiger partial charge on any atom is 0.274 e. The van der Waals surface area contributed by atoms with Crippen LogP contribution in [0.3, 0.4) is 0 Å². The van der Waals surface area contributed by atoms with Crippen LogP contribution in [0, 0.1) is 0 Å². The molecular weight excluding hydrogens is 280 g/mol. The number of hydrogen-bond donors (Lipinski definition) is 2. The molecule has 0 bridgehead atoms. The first-order valence-electron chi connectivity index (χ1n) is 6.59. The van der Waals surface area contributed by atoms with Crippen LogP contribution < -0.4 is 10.5 Å². The predicted octanol–water partition coefficient (Wildman–Crippen LogP) is -0.738. The summed E-state index contributed by atoms with van der Waals surface area (Å²) in [5.41, 5.74) is 5.41. The smallest absolute Gasteiger partial charge is 0.274 e. The van der Waals surface area contributed by atoms with Crippen LogP contribution in [0.15, 0.2) is 21.6 Å². The molecule has 1 fully saturated rings. The van der Waals surface area contributed by atoms with Crippen molar-refractivity contribution in [3.8, 4) is 0 Å². The molecule has 1 aromatic rings. The van der Waals surface area contributed by atoms with Crippen molar-refractivity contribution in [2.75, 3.05) is 40.3 Å². The molecule has 8 heteroatoms. The minimum absolute atomic E-state index is 0.0789. The lowest BCUT2D eigenvalue weighted by Gasteiger charge is -2.37. The number of nitrogens with zero attached hydrogens (tertiary/aromatic N) is 2. The first-order chi connectivity index (χ1) is 9.42. The van der Waals surface area contributed by atoms with E-state index in [0.29, 0.717) is 12.3 Å². The van der Waals surface area contributed by atoms with Crippen molar-refractivity contribution in [2.24, 2.45) is 5.73 Å². The zero-order chi connectivity index (χ0) is 14.8. The first-order valence-corrected chi connectivity index (χ1v) is 8.08. The SMILES string of the molecule is CN1CCN(C)C(CNS(=O)(=O)c2ccc(CN)o2)C1. The van der Waals surface area contributed by atoms with Gasteiger partial charge >= 0.3 is 0 Å². The average Bonchev–Trinajstić information content (AvgIpc) is 2.89. The summed E-state index contributed by atoms with van der Waals surface area (Å²) in [4.78, 5) is 4.36. The van der Waals surface area contributed by atoms with Gasteiger partial charge in [0.25, 0.3) is 10.0 Å². The summed E-state index contributed by atoms with van der Waals surface area (Å²) in [5.74, 6) is 0.458. The molecular formula is C12H22N4O3S. The van der Waals surface area contributed by atoms with E-state index in [1.165, 1.54) is 6.07 Å². The first kappa shape index (κ1) is 15.5. The number of rotatable bonds is 5. The van der Waals surface area contributed by atoms with Crippen molar-refractivity contribution in [3.05, 3.63) is 17.9 Å². The van der Waals surface area contributed by atoms with E-state index in [9.17, 15) is 8.42 Å². The van der Waals surface area contributed by atoms with E-state index in [0.717, 1.165) is 19.6 Å². The van der Waals surface area contributed by atoms with Crippen molar-refractivity contribution in [1.82, 2.24) is 14.5 Å². The molecule has 1 atom stereocenters. The van der Waals surface area contributed by atoms with Crippen LogP contribution in [0.2, 0.25) is 0 Å². The van der Waals surface area contributed by atoms with Gasteiger partial charge in [0.05, 0.1) is 6.54 Å². The summed E-state index contributed by atoms with van der Waals surface area (Å²) in [6.07, 6.45) is 0. The van der Waals surface area contributed by atoms with Crippen LogP contribution in [-0.4, -0.2) is 64.5 Å². The Balaban J connectivity index is 1.98. The molecule has 1 aromatic heterocycles. The van der Waals surface area contributed by atoms with Crippen molar-refractivity contribution in [2.45, 2.75) is 17.7 Å². The van der Waals surface area contributed by atoms with Crippen molar-refractivity contribution in [1.29, 1.82) is 0 Å². The number of nitrogens with two attached hydrogens (primary N) is 1. The van der Waals surface area contributed by atoms with Crippen molar-refractivity contribution < 1.29 is 12.8 Å². The van der Waals surface area contributed by atoms with E-state index in [1.807, 2.05) is 14.1 Å². The summed E-state index contributed by atoms with van der Waals surface area (Å²) in [5, 5.41) is -0.0789. The van der Waals surface area contributed by atoms with E-state index in [2.05, 4.69) is 14.5 Å². The Morgan fingerprint density at radius 3 is 2.80 bits per heavy atom. The Bertz CT molecular complexity index is 543. The quantitative estimate of drug-likeness (QED) is 0.744. The summed E-state index contributed by atoms with van der Waals surface area (Å²) in [7, 11) is 0.434. The van der Waals surface area contributed by atoms with Crippen molar-refractivity contribution in [3.63, 3.8) is 0 Å². The van der Waals surface area contributed by atoms with Gasteiger partial charge in [0, 0.05) is 32.2 Å². The van der Waals surface area contributed by atoms with Crippen LogP contribution >= 0.6 is 0 Å². The highest BCUT2D eigenvalue weighted by atomic mass is 32.2. The normalized spacial score (nSPS) is 22.2. The zero-order valence-electron chi connectivity index (χ0n) is 11.9. The summed E-state index contributed by atoms with van der Waals surface area (Å²) in [6, 6.07) is 3.17. The molecule has 1 aliphatic rings. The van der Waals surface area contributed by atoms with Gasteiger partial charge in [-0.05, 0) is 26.2 Å². The molecule has 0 aliphatic carbocycles. The molecule has 0 spiro atoms. The van der Waals surface area contributed by atoms with Gasteiger partial charge in [0.2, 0.25) is 5.09 Å². The third-order valence-corrected chi connectivity index (χ3v) is 4.89. The fourth-order valence-corrected chi connectivity index (χ4v) is 3.23. The van der Waals surface area contributed by atoms with Gasteiger partial charge in [0.15, 0.2) is 0 Å². The number of furan rings is 1. The fourth-order valence-electron chi connectivity index (χ4n) is 2.21. The minimum Gasteiger partial charge on any atom is -0.447 e. The van der Waals surface area contributed by atoms with E-state index in [1.54, 1.807) is 6.07 Å². The van der Waals surface area contributed by atoms with Gasteiger partial charge in [-0.15, -0.1) is 0 Å². The van der Waals surface area contributed by atoms with Crippen LogP contribution in [0.25, 0.3) is 0 Å². The third-order valence-electron chi connectivity index (χ3n) is 3.59. The van der Waals surface area contributed by atoms with Gasteiger partial charge in [-0.2, -0.15) is 0 Å². The number of likely N-dealkylation sites (N-methyl/N-ethyl adjacent to an activating group) is 2. The molecule has 114 valence electrons. The Labute approximate surface area is 119 Å². The summed E-state index contributed by atoms with van der Waals surface area (Å²) in [6.45, 7) is 3.32. The third kappa shape index (κ3) is 3.58. The van der Waals surface area contributed by atoms with E-state index < -0.39 is 10.0 Å². The van der Waals surface area contributed by atoms with Gasteiger partial charge in [-0.3, -0.25) is 4.90 Å². The number of sulfonamides is 1.